The number of nitrogens with one attached hydrogen (secondary N) is 1. The number of carbonyl (C=O) groups is 1. The standard InChI is InChI=1S/C14H19FN2O3S/c1-21(19,20)17(13-9-5-4-8-12(13)15)10-14(18)16-11-6-2-3-7-11/h4-5,8-9,11H,2-3,6-7,10H2,1H3,(H,16,18). The van der Waals surface area contributed by atoms with E-state index in [4.69, 9.17) is 0 Å². The molecule has 1 aromatic carbocycles. The zero-order chi connectivity index (χ0) is 15.5. The van der Waals surface area contributed by atoms with E-state index in [2.05, 4.69) is 5.32 Å². The molecule has 1 fully saturated rings. The molecule has 21 heavy (non-hydrogen) atoms. The van der Waals surface area contributed by atoms with E-state index < -0.39 is 28.3 Å². The van der Waals surface area contributed by atoms with Gasteiger partial charge in [0.05, 0.1) is 11.9 Å². The van der Waals surface area contributed by atoms with Crippen LogP contribution in [-0.4, -0.2) is 33.2 Å². The summed E-state index contributed by atoms with van der Waals surface area (Å²) in [7, 11) is -3.74. The molecule has 0 aliphatic heterocycles. The molecule has 1 N–H and O–H groups in total. The first-order chi connectivity index (χ1) is 9.88. The summed E-state index contributed by atoms with van der Waals surface area (Å²) >= 11 is 0. The van der Waals surface area contributed by atoms with Crippen molar-refractivity contribution in [3.05, 3.63) is 30.1 Å². The van der Waals surface area contributed by atoms with Gasteiger partial charge in [0.15, 0.2) is 0 Å². The van der Waals surface area contributed by atoms with Gasteiger partial charge < -0.3 is 5.32 Å². The fraction of sp³-hybridized carbons (Fsp3) is 0.500. The molecule has 1 amide bonds. The molecule has 7 heteroatoms. The highest BCUT2D eigenvalue weighted by Gasteiger charge is 2.25. The summed E-state index contributed by atoms with van der Waals surface area (Å²) in [5, 5.41) is 2.80. The van der Waals surface area contributed by atoms with Gasteiger partial charge in [0.2, 0.25) is 15.9 Å². The van der Waals surface area contributed by atoms with Crippen LogP contribution in [0.15, 0.2) is 24.3 Å². The van der Waals surface area contributed by atoms with Crippen molar-refractivity contribution >= 4 is 21.6 Å². The zero-order valence-electron chi connectivity index (χ0n) is 11.9. The minimum Gasteiger partial charge on any atom is -0.352 e. The molecule has 116 valence electrons. The van der Waals surface area contributed by atoms with Crippen LogP contribution >= 0.6 is 0 Å². The lowest BCUT2D eigenvalue weighted by Gasteiger charge is -2.23. The van der Waals surface area contributed by atoms with Gasteiger partial charge in [0.25, 0.3) is 0 Å². The number of carbonyl (C=O) groups excluding carboxylic acids is 1. The van der Waals surface area contributed by atoms with Crippen molar-refractivity contribution in [1.29, 1.82) is 0 Å². The molecule has 5 nitrogen and oxygen atoms in total. The van der Waals surface area contributed by atoms with Gasteiger partial charge in [0.1, 0.15) is 12.4 Å². The van der Waals surface area contributed by atoms with Crippen molar-refractivity contribution in [2.75, 3.05) is 17.1 Å². The van der Waals surface area contributed by atoms with Crippen LogP contribution in [0.25, 0.3) is 0 Å². The second-order valence-corrected chi connectivity index (χ2v) is 7.18. The smallest absolute Gasteiger partial charge is 0.240 e. The van der Waals surface area contributed by atoms with Crippen LogP contribution in [0.5, 0.6) is 0 Å². The lowest BCUT2D eigenvalue weighted by atomic mass is 10.2. The summed E-state index contributed by atoms with van der Waals surface area (Å²) in [6.45, 7) is -0.406. The SMILES string of the molecule is CS(=O)(=O)N(CC(=O)NC1CCCC1)c1ccccc1F. The van der Waals surface area contributed by atoms with Crippen molar-refractivity contribution in [3.63, 3.8) is 0 Å². The van der Waals surface area contributed by atoms with E-state index >= 15 is 0 Å². The Kier molecular flexibility index (Phi) is 4.82. The van der Waals surface area contributed by atoms with Gasteiger partial charge in [0, 0.05) is 6.04 Å². The first kappa shape index (κ1) is 15.8. The Balaban J connectivity index is 2.14. The molecule has 0 saturated heterocycles. The number of rotatable bonds is 5. The maximum Gasteiger partial charge on any atom is 0.240 e. The maximum atomic E-state index is 13.8. The van der Waals surface area contributed by atoms with Gasteiger partial charge in [-0.3, -0.25) is 9.10 Å². The zero-order valence-corrected chi connectivity index (χ0v) is 12.7. The van der Waals surface area contributed by atoms with E-state index in [1.165, 1.54) is 24.3 Å². The third kappa shape index (κ3) is 4.17. The molecule has 0 aromatic heterocycles. The van der Waals surface area contributed by atoms with E-state index in [1.54, 1.807) is 0 Å². The molecule has 0 bridgehead atoms. The molecule has 0 unspecified atom stereocenters. The maximum absolute atomic E-state index is 13.8. The minimum atomic E-state index is -3.74. The van der Waals surface area contributed by atoms with Gasteiger partial charge in [-0.2, -0.15) is 0 Å². The van der Waals surface area contributed by atoms with E-state index in [9.17, 15) is 17.6 Å². The largest absolute Gasteiger partial charge is 0.352 e. The average Bonchev–Trinajstić information content (AvgIpc) is 2.88. The lowest BCUT2D eigenvalue weighted by Crippen LogP contribution is -2.43. The molecule has 0 atom stereocenters. The molecular weight excluding hydrogens is 295 g/mol. The van der Waals surface area contributed by atoms with Gasteiger partial charge in [-0.25, -0.2) is 12.8 Å². The third-order valence-electron chi connectivity index (χ3n) is 3.53. The topological polar surface area (TPSA) is 66.5 Å². The number of para-hydroxylation sites is 1. The first-order valence-electron chi connectivity index (χ1n) is 6.89. The van der Waals surface area contributed by atoms with Crippen molar-refractivity contribution in [2.45, 2.75) is 31.7 Å². The quantitative estimate of drug-likeness (QED) is 0.898. The van der Waals surface area contributed by atoms with Crippen LogP contribution in [0.2, 0.25) is 0 Å². The fourth-order valence-electron chi connectivity index (χ4n) is 2.51. The monoisotopic (exact) mass is 314 g/mol. The van der Waals surface area contributed by atoms with Gasteiger partial charge in [-0.05, 0) is 25.0 Å². The highest BCUT2D eigenvalue weighted by molar-refractivity contribution is 7.92. The normalized spacial score (nSPS) is 15.9. The Bertz CT molecular complexity index is 612. The summed E-state index contributed by atoms with van der Waals surface area (Å²) < 4.78 is 38.3. The highest BCUT2D eigenvalue weighted by Crippen LogP contribution is 2.21. The number of sulfonamides is 1. The van der Waals surface area contributed by atoms with Crippen LogP contribution in [-0.2, 0) is 14.8 Å². The van der Waals surface area contributed by atoms with E-state index in [0.29, 0.717) is 0 Å². The fourth-order valence-corrected chi connectivity index (χ4v) is 3.37. The first-order valence-corrected chi connectivity index (χ1v) is 8.74. The third-order valence-corrected chi connectivity index (χ3v) is 4.66. The second-order valence-electron chi connectivity index (χ2n) is 5.27. The Morgan fingerprint density at radius 2 is 1.95 bits per heavy atom. The molecule has 1 aliphatic rings. The van der Waals surface area contributed by atoms with Crippen LogP contribution < -0.4 is 9.62 Å². The molecule has 0 heterocycles. The lowest BCUT2D eigenvalue weighted by molar-refractivity contribution is -0.120. The number of anilines is 1. The second kappa shape index (κ2) is 6.43. The molecule has 1 saturated carbocycles. The number of hydrogen-bond acceptors (Lipinski definition) is 3. The Labute approximate surface area is 124 Å². The van der Waals surface area contributed by atoms with Crippen molar-refractivity contribution < 1.29 is 17.6 Å². The summed E-state index contributed by atoms with van der Waals surface area (Å²) in [4.78, 5) is 12.0. The minimum absolute atomic E-state index is 0.0968. The van der Waals surface area contributed by atoms with Gasteiger partial charge in [-0.15, -0.1) is 0 Å². The van der Waals surface area contributed by atoms with E-state index in [0.717, 1.165) is 36.2 Å². The Morgan fingerprint density at radius 3 is 2.52 bits per heavy atom. The summed E-state index contributed by atoms with van der Waals surface area (Å²) in [6, 6.07) is 5.62. The Hall–Kier alpha value is -1.63. The molecule has 0 radical (unpaired) electrons. The van der Waals surface area contributed by atoms with Crippen LogP contribution in [0.3, 0.4) is 0 Å². The number of nitrogens with zero attached hydrogens (tertiary/aromatic N) is 1. The van der Waals surface area contributed by atoms with Gasteiger partial charge in [-0.1, -0.05) is 25.0 Å². The van der Waals surface area contributed by atoms with Crippen LogP contribution in [0.1, 0.15) is 25.7 Å². The van der Waals surface area contributed by atoms with Gasteiger partial charge >= 0.3 is 0 Å². The number of benzene rings is 1. The highest BCUT2D eigenvalue weighted by atomic mass is 32.2. The molecule has 2 rings (SSSR count). The molecule has 0 spiro atoms. The summed E-state index contributed by atoms with van der Waals surface area (Å²) in [5.41, 5.74) is -0.110. The number of hydrogen-bond donors (Lipinski definition) is 1. The number of amides is 1. The van der Waals surface area contributed by atoms with Crippen molar-refractivity contribution in [3.8, 4) is 0 Å². The van der Waals surface area contributed by atoms with E-state index in [1.807, 2.05) is 0 Å². The number of halogens is 1. The van der Waals surface area contributed by atoms with Crippen molar-refractivity contribution in [1.82, 2.24) is 5.32 Å². The van der Waals surface area contributed by atoms with Crippen molar-refractivity contribution in [2.24, 2.45) is 0 Å². The molecular formula is C14H19FN2O3S. The summed E-state index contributed by atoms with van der Waals surface area (Å²) in [5.74, 6) is -1.08. The average molecular weight is 314 g/mol. The Morgan fingerprint density at radius 1 is 1.33 bits per heavy atom. The van der Waals surface area contributed by atoms with Crippen LogP contribution in [0, 0.1) is 5.82 Å². The molecule has 1 aromatic rings. The molecule has 1 aliphatic carbocycles. The van der Waals surface area contributed by atoms with E-state index in [-0.39, 0.29) is 11.7 Å². The van der Waals surface area contributed by atoms with Crippen LogP contribution in [0.4, 0.5) is 10.1 Å². The predicted molar refractivity (Wildman–Crippen MR) is 79.0 cm³/mol. The summed E-state index contributed by atoms with van der Waals surface area (Å²) in [6.07, 6.45) is 4.90. The predicted octanol–water partition coefficient (Wildman–Crippen LogP) is 1.65.